The summed E-state index contributed by atoms with van der Waals surface area (Å²) in [5.41, 5.74) is 1.36. The van der Waals surface area contributed by atoms with Gasteiger partial charge in [0.1, 0.15) is 18.1 Å². The van der Waals surface area contributed by atoms with E-state index in [1.807, 2.05) is 32.0 Å². The van der Waals surface area contributed by atoms with Crippen LogP contribution in [0.4, 0.5) is 30.2 Å². The van der Waals surface area contributed by atoms with Gasteiger partial charge in [0.25, 0.3) is 0 Å². The van der Waals surface area contributed by atoms with E-state index in [0.29, 0.717) is 43.1 Å². The van der Waals surface area contributed by atoms with Crippen molar-refractivity contribution in [3.05, 3.63) is 70.5 Å². The van der Waals surface area contributed by atoms with E-state index in [4.69, 9.17) is 21.1 Å². The Bertz CT molecular complexity index is 1510. The number of fused-ring (bicyclic) bond motifs is 1. The number of aromatic nitrogens is 1. The topological polar surface area (TPSA) is 112 Å². The van der Waals surface area contributed by atoms with Gasteiger partial charge in [0.05, 0.1) is 52.3 Å². The van der Waals surface area contributed by atoms with Crippen molar-refractivity contribution in [2.24, 2.45) is 5.92 Å². The molecular formula is C31H34ClF3N6O3. The first kappa shape index (κ1) is 32.7. The van der Waals surface area contributed by atoms with E-state index in [1.165, 1.54) is 18.3 Å². The highest BCUT2D eigenvalue weighted by Gasteiger charge is 2.34. The van der Waals surface area contributed by atoms with Crippen molar-refractivity contribution in [3.63, 3.8) is 0 Å². The molecule has 1 amide bonds. The maximum atomic E-state index is 13.3. The molecule has 0 saturated heterocycles. The molecule has 2 heterocycles. The summed E-state index contributed by atoms with van der Waals surface area (Å²) in [5, 5.41) is 19.8. The molecule has 0 bridgehead atoms. The Balaban J connectivity index is 1.55. The van der Waals surface area contributed by atoms with Gasteiger partial charge in [-0.25, -0.2) is 0 Å². The van der Waals surface area contributed by atoms with Crippen LogP contribution in [0.3, 0.4) is 0 Å². The lowest BCUT2D eigenvalue weighted by molar-refractivity contribution is -0.138. The fraction of sp³-hybridized carbons (Fsp3) is 0.387. The Morgan fingerprint density at radius 3 is 2.68 bits per heavy atom. The minimum atomic E-state index is -4.56. The van der Waals surface area contributed by atoms with E-state index in [-0.39, 0.29) is 22.4 Å². The first-order chi connectivity index (χ1) is 21.0. The molecule has 3 aromatic rings. The highest BCUT2D eigenvalue weighted by atomic mass is 35.5. The molecule has 1 aliphatic heterocycles. The molecule has 0 radical (unpaired) electrons. The van der Waals surface area contributed by atoms with E-state index in [2.05, 4.69) is 27.0 Å². The summed E-state index contributed by atoms with van der Waals surface area (Å²) < 4.78 is 51.4. The second-order valence-electron chi connectivity index (χ2n) is 10.5. The smallest absolute Gasteiger partial charge is 0.418 e. The molecule has 0 saturated carbocycles. The highest BCUT2D eigenvalue weighted by Crippen LogP contribution is 2.43. The van der Waals surface area contributed by atoms with Gasteiger partial charge >= 0.3 is 6.18 Å². The quantitative estimate of drug-likeness (QED) is 0.202. The summed E-state index contributed by atoms with van der Waals surface area (Å²) in [5.74, 6) is 0.114. The summed E-state index contributed by atoms with van der Waals surface area (Å²) in [6.07, 6.45) is -2.25. The van der Waals surface area contributed by atoms with Gasteiger partial charge in [0, 0.05) is 42.5 Å². The summed E-state index contributed by atoms with van der Waals surface area (Å²) in [4.78, 5) is 18.6. The second kappa shape index (κ2) is 14.5. The zero-order valence-electron chi connectivity index (χ0n) is 24.6. The van der Waals surface area contributed by atoms with Gasteiger partial charge in [-0.05, 0) is 64.3 Å². The molecule has 9 nitrogen and oxygen atoms in total. The third-order valence-electron chi connectivity index (χ3n) is 6.97. The number of amides is 1. The highest BCUT2D eigenvalue weighted by molar-refractivity contribution is 6.33. The maximum Gasteiger partial charge on any atom is 0.418 e. The average Bonchev–Trinajstić information content (AvgIpc) is 2.97. The number of carbonyl (C=O) groups excluding carboxylic acids is 1. The monoisotopic (exact) mass is 630 g/mol. The van der Waals surface area contributed by atoms with Crippen LogP contribution in [0.15, 0.2) is 48.7 Å². The van der Waals surface area contributed by atoms with E-state index < -0.39 is 30.3 Å². The predicted molar refractivity (Wildman–Crippen MR) is 163 cm³/mol. The van der Waals surface area contributed by atoms with Crippen LogP contribution in [0.5, 0.6) is 11.5 Å². The van der Waals surface area contributed by atoms with Crippen molar-refractivity contribution in [3.8, 4) is 17.6 Å². The molecule has 0 aliphatic carbocycles. The van der Waals surface area contributed by atoms with E-state index in [0.717, 1.165) is 23.9 Å². The van der Waals surface area contributed by atoms with Crippen LogP contribution in [0.1, 0.15) is 42.6 Å². The molecular weight excluding hydrogens is 597 g/mol. The number of nitriles is 1. The zero-order chi connectivity index (χ0) is 31.9. The van der Waals surface area contributed by atoms with Gasteiger partial charge in [0.15, 0.2) is 0 Å². The fourth-order valence-corrected chi connectivity index (χ4v) is 5.06. The lowest BCUT2D eigenvalue weighted by Gasteiger charge is -2.33. The van der Waals surface area contributed by atoms with E-state index in [9.17, 15) is 23.2 Å². The van der Waals surface area contributed by atoms with Crippen molar-refractivity contribution in [1.29, 1.82) is 5.26 Å². The molecule has 13 heteroatoms. The molecule has 2 atom stereocenters. The number of halogens is 4. The second-order valence-corrected chi connectivity index (χ2v) is 10.9. The van der Waals surface area contributed by atoms with Crippen molar-refractivity contribution in [1.82, 2.24) is 9.88 Å². The number of alkyl halides is 3. The molecule has 1 aliphatic rings. The standard InChI is InChI=1S/C31H34ClF3N6O3/c1-4-43-28-15-25-21(14-26(28)39-29(42)8-6-12-41(2)3)30(19(16-36)17-38-25)40-24-10-9-20(13-23(24)32)44-18-27-22(31(33,34)35)7-5-11-37-27/h5,7,9-11,13-15,19,30,38,40H,4,6,8,12,17-18H2,1-3H3,(H,39,42). The Hall–Kier alpha value is -4.21. The van der Waals surface area contributed by atoms with Crippen LogP contribution in [0, 0.1) is 17.2 Å². The predicted octanol–water partition coefficient (Wildman–Crippen LogP) is 6.73. The number of nitrogens with zero attached hydrogens (tertiary/aromatic N) is 3. The molecule has 3 N–H and O–H groups in total. The number of benzene rings is 2. The maximum absolute atomic E-state index is 13.3. The Kier molecular flexibility index (Phi) is 10.8. The molecule has 0 fully saturated rings. The van der Waals surface area contributed by atoms with Gasteiger partial charge in [-0.3, -0.25) is 9.78 Å². The Morgan fingerprint density at radius 1 is 1.20 bits per heavy atom. The molecule has 2 aromatic carbocycles. The van der Waals surface area contributed by atoms with E-state index in [1.54, 1.807) is 18.2 Å². The third kappa shape index (κ3) is 8.24. The number of hydrogen-bond acceptors (Lipinski definition) is 8. The third-order valence-corrected chi connectivity index (χ3v) is 7.29. The minimum absolute atomic E-state index is 0.149. The van der Waals surface area contributed by atoms with Gasteiger partial charge in [-0.1, -0.05) is 11.6 Å². The van der Waals surface area contributed by atoms with Gasteiger partial charge < -0.3 is 30.3 Å². The van der Waals surface area contributed by atoms with Crippen LogP contribution in [-0.4, -0.2) is 49.6 Å². The number of anilines is 3. The number of rotatable bonds is 12. The normalized spacial score (nSPS) is 16.0. The number of ether oxygens (including phenoxy) is 2. The lowest BCUT2D eigenvalue weighted by Crippen LogP contribution is -2.31. The number of pyridine rings is 1. The summed E-state index contributed by atoms with van der Waals surface area (Å²) in [6.45, 7) is 2.98. The van der Waals surface area contributed by atoms with Crippen molar-refractivity contribution in [2.45, 2.75) is 38.6 Å². The minimum Gasteiger partial charge on any atom is -0.492 e. The molecule has 4 rings (SSSR count). The summed E-state index contributed by atoms with van der Waals surface area (Å²) in [7, 11) is 3.89. The summed E-state index contributed by atoms with van der Waals surface area (Å²) >= 11 is 6.57. The van der Waals surface area contributed by atoms with Crippen LogP contribution < -0.4 is 25.4 Å². The number of hydrogen-bond donors (Lipinski definition) is 3. The van der Waals surface area contributed by atoms with Crippen molar-refractivity contribution >= 4 is 34.6 Å². The first-order valence-corrected chi connectivity index (χ1v) is 14.5. The van der Waals surface area contributed by atoms with Crippen LogP contribution in [0.2, 0.25) is 5.02 Å². The van der Waals surface area contributed by atoms with Crippen LogP contribution in [0.25, 0.3) is 0 Å². The molecule has 0 spiro atoms. The fourth-order valence-electron chi connectivity index (χ4n) is 4.83. The van der Waals surface area contributed by atoms with E-state index >= 15 is 0 Å². The van der Waals surface area contributed by atoms with Gasteiger partial charge in [-0.15, -0.1) is 0 Å². The SMILES string of the molecule is CCOc1cc2c(cc1NC(=O)CCCN(C)C)C(Nc1ccc(OCc3ncccc3C(F)(F)F)cc1Cl)C(C#N)CN2. The van der Waals surface area contributed by atoms with Crippen molar-refractivity contribution in [2.75, 3.05) is 49.7 Å². The largest absolute Gasteiger partial charge is 0.492 e. The van der Waals surface area contributed by atoms with Crippen LogP contribution >= 0.6 is 11.6 Å². The van der Waals surface area contributed by atoms with Gasteiger partial charge in [0.2, 0.25) is 5.91 Å². The number of carbonyl (C=O) groups is 1. The number of nitrogens with one attached hydrogen (secondary N) is 3. The molecule has 1 aromatic heterocycles. The molecule has 44 heavy (non-hydrogen) atoms. The summed E-state index contributed by atoms with van der Waals surface area (Å²) in [6, 6.07) is 12.3. The van der Waals surface area contributed by atoms with Crippen LogP contribution in [-0.2, 0) is 17.6 Å². The van der Waals surface area contributed by atoms with Crippen molar-refractivity contribution < 1.29 is 27.4 Å². The molecule has 2 unspecified atom stereocenters. The average molecular weight is 631 g/mol. The molecule has 234 valence electrons. The first-order valence-electron chi connectivity index (χ1n) is 14.1. The zero-order valence-corrected chi connectivity index (χ0v) is 25.4. The van der Waals surface area contributed by atoms with Gasteiger partial charge in [-0.2, -0.15) is 18.4 Å². The Morgan fingerprint density at radius 2 is 2.00 bits per heavy atom. The Labute approximate surface area is 259 Å². The lowest BCUT2D eigenvalue weighted by atomic mass is 9.88.